The van der Waals surface area contributed by atoms with Crippen LogP contribution < -0.4 is 0 Å². The Balaban J connectivity index is 2.37. The highest BCUT2D eigenvalue weighted by molar-refractivity contribution is 5.70. The second kappa shape index (κ2) is 6.27. The van der Waals surface area contributed by atoms with Crippen molar-refractivity contribution in [1.29, 1.82) is 0 Å². The van der Waals surface area contributed by atoms with E-state index >= 15 is 0 Å². The first-order valence-corrected chi connectivity index (χ1v) is 7.16. The number of likely N-dealkylation sites (tertiary alicyclic amines) is 1. The fourth-order valence-electron chi connectivity index (χ4n) is 2.77. The zero-order valence-electron chi connectivity index (χ0n) is 12.6. The third kappa shape index (κ3) is 4.00. The second-order valence-electron chi connectivity index (χ2n) is 5.83. The van der Waals surface area contributed by atoms with Gasteiger partial charge in [0, 0.05) is 12.6 Å². The molecule has 1 aromatic rings. The van der Waals surface area contributed by atoms with E-state index in [-0.39, 0.29) is 18.2 Å². The van der Waals surface area contributed by atoms with Gasteiger partial charge in [-0.1, -0.05) is 0 Å². The number of alkyl halides is 6. The third-order valence-electron chi connectivity index (χ3n) is 4.21. The van der Waals surface area contributed by atoms with Crippen LogP contribution in [-0.4, -0.2) is 29.1 Å². The number of aliphatic carboxylic acids is 1. The van der Waals surface area contributed by atoms with Gasteiger partial charge in [-0.25, -0.2) is 0 Å². The first-order valence-electron chi connectivity index (χ1n) is 7.16. The van der Waals surface area contributed by atoms with Crippen molar-refractivity contribution in [1.82, 2.24) is 4.90 Å². The minimum absolute atomic E-state index is 0.0836. The average molecular weight is 355 g/mol. The van der Waals surface area contributed by atoms with E-state index in [1.54, 1.807) is 4.90 Å². The van der Waals surface area contributed by atoms with Crippen LogP contribution in [0.15, 0.2) is 18.2 Å². The van der Waals surface area contributed by atoms with Crippen LogP contribution in [0.3, 0.4) is 0 Å². The number of hydrogen-bond acceptors (Lipinski definition) is 2. The molecule has 3 nitrogen and oxygen atoms in total. The van der Waals surface area contributed by atoms with Crippen LogP contribution in [0.25, 0.3) is 0 Å². The SMILES string of the molecule is C[C@H](c1cc(C(F)(F)F)cc(C(F)(F)F)c1)N1CC[C@H](C(=O)O)C1. The molecule has 0 saturated carbocycles. The van der Waals surface area contributed by atoms with Gasteiger partial charge in [0.1, 0.15) is 0 Å². The van der Waals surface area contributed by atoms with Gasteiger partial charge in [-0.05, 0) is 43.7 Å². The fraction of sp³-hybridized carbons (Fsp3) is 0.533. The van der Waals surface area contributed by atoms with E-state index in [1.807, 2.05) is 0 Å². The molecule has 0 spiro atoms. The van der Waals surface area contributed by atoms with Crippen molar-refractivity contribution in [3.05, 3.63) is 34.9 Å². The molecular formula is C15H15F6NO2. The highest BCUT2D eigenvalue weighted by Gasteiger charge is 2.38. The number of nitrogens with zero attached hydrogens (tertiary/aromatic N) is 1. The second-order valence-corrected chi connectivity index (χ2v) is 5.83. The highest BCUT2D eigenvalue weighted by atomic mass is 19.4. The van der Waals surface area contributed by atoms with Gasteiger partial charge in [0.25, 0.3) is 0 Å². The summed E-state index contributed by atoms with van der Waals surface area (Å²) in [6, 6.07) is 0.708. The van der Waals surface area contributed by atoms with Crippen LogP contribution >= 0.6 is 0 Å². The summed E-state index contributed by atoms with van der Waals surface area (Å²) in [5.41, 5.74) is -2.87. The standard InChI is InChI=1S/C15H15F6NO2/c1-8(22-3-2-9(7-22)13(23)24)10-4-11(14(16,17)18)6-12(5-10)15(19,20)21/h4-6,8-9H,2-3,7H2,1H3,(H,23,24)/t8-,9+/m1/s1. The molecule has 2 atom stereocenters. The van der Waals surface area contributed by atoms with Crippen molar-refractivity contribution in [3.63, 3.8) is 0 Å². The Hall–Kier alpha value is -1.77. The molecular weight excluding hydrogens is 340 g/mol. The lowest BCUT2D eigenvalue weighted by Crippen LogP contribution is -2.27. The molecule has 1 aliphatic rings. The Kier molecular flexibility index (Phi) is 4.85. The lowest BCUT2D eigenvalue weighted by molar-refractivity contribution is -0.143. The van der Waals surface area contributed by atoms with Gasteiger partial charge >= 0.3 is 18.3 Å². The number of rotatable bonds is 3. The minimum Gasteiger partial charge on any atom is -0.481 e. The van der Waals surface area contributed by atoms with Crippen molar-refractivity contribution < 1.29 is 36.2 Å². The number of halogens is 6. The Bertz CT molecular complexity index is 593. The molecule has 1 N–H and O–H groups in total. The number of hydrogen-bond donors (Lipinski definition) is 1. The van der Waals surface area contributed by atoms with Crippen molar-refractivity contribution >= 4 is 5.97 Å². The maximum atomic E-state index is 12.9. The number of benzene rings is 1. The van der Waals surface area contributed by atoms with Gasteiger partial charge in [-0.3, -0.25) is 9.69 Å². The van der Waals surface area contributed by atoms with Crippen molar-refractivity contribution in [2.75, 3.05) is 13.1 Å². The Morgan fingerprint density at radius 1 is 1.12 bits per heavy atom. The molecule has 0 aliphatic carbocycles. The summed E-state index contributed by atoms with van der Waals surface area (Å²) >= 11 is 0. The maximum Gasteiger partial charge on any atom is 0.416 e. The van der Waals surface area contributed by atoms with Crippen LogP contribution in [0.2, 0.25) is 0 Å². The Morgan fingerprint density at radius 3 is 2.00 bits per heavy atom. The zero-order valence-corrected chi connectivity index (χ0v) is 12.6. The molecule has 0 radical (unpaired) electrons. The molecule has 1 fully saturated rings. The summed E-state index contributed by atoms with van der Waals surface area (Å²) in [4.78, 5) is 12.5. The number of carboxylic acid groups (broad SMARTS) is 1. The minimum atomic E-state index is -4.90. The quantitative estimate of drug-likeness (QED) is 0.827. The summed E-state index contributed by atoms with van der Waals surface area (Å²) in [5, 5.41) is 8.96. The van der Waals surface area contributed by atoms with E-state index in [9.17, 15) is 31.1 Å². The normalized spacial score (nSPS) is 21.0. The Labute approximate surface area is 133 Å². The zero-order chi connectivity index (χ0) is 18.3. The molecule has 1 aromatic carbocycles. The fourth-order valence-corrected chi connectivity index (χ4v) is 2.77. The molecule has 0 amide bonds. The van der Waals surface area contributed by atoms with E-state index in [0.29, 0.717) is 25.1 Å². The summed E-state index contributed by atoms with van der Waals surface area (Å²) < 4.78 is 77.3. The predicted octanol–water partition coefficient (Wildman–Crippen LogP) is 4.19. The third-order valence-corrected chi connectivity index (χ3v) is 4.21. The lowest BCUT2D eigenvalue weighted by atomic mass is 9.99. The van der Waals surface area contributed by atoms with Gasteiger partial charge in [0.05, 0.1) is 17.0 Å². The average Bonchev–Trinajstić information content (AvgIpc) is 2.94. The highest BCUT2D eigenvalue weighted by Crippen LogP contribution is 2.38. The summed E-state index contributed by atoms with van der Waals surface area (Å²) in [5.74, 6) is -1.69. The smallest absolute Gasteiger partial charge is 0.416 e. The molecule has 0 bridgehead atoms. The summed E-state index contributed by atoms with van der Waals surface area (Å²) in [6.07, 6.45) is -9.49. The lowest BCUT2D eigenvalue weighted by Gasteiger charge is -2.26. The van der Waals surface area contributed by atoms with Crippen LogP contribution in [0.1, 0.15) is 36.1 Å². The van der Waals surface area contributed by atoms with Crippen LogP contribution in [0, 0.1) is 5.92 Å². The number of carboxylic acids is 1. The first kappa shape index (κ1) is 18.6. The largest absolute Gasteiger partial charge is 0.481 e. The van der Waals surface area contributed by atoms with E-state index in [4.69, 9.17) is 5.11 Å². The van der Waals surface area contributed by atoms with E-state index < -0.39 is 41.4 Å². The monoisotopic (exact) mass is 355 g/mol. The van der Waals surface area contributed by atoms with Crippen LogP contribution in [0.5, 0.6) is 0 Å². The molecule has 0 aromatic heterocycles. The van der Waals surface area contributed by atoms with Gasteiger partial charge in [0.15, 0.2) is 0 Å². The van der Waals surface area contributed by atoms with Crippen molar-refractivity contribution in [2.24, 2.45) is 5.92 Å². The van der Waals surface area contributed by atoms with E-state index in [0.717, 1.165) is 0 Å². The van der Waals surface area contributed by atoms with Crippen LogP contribution in [-0.2, 0) is 17.1 Å². The van der Waals surface area contributed by atoms with Gasteiger partial charge in [-0.15, -0.1) is 0 Å². The number of carbonyl (C=O) groups is 1. The summed E-state index contributed by atoms with van der Waals surface area (Å²) in [6.45, 7) is 1.86. The molecule has 9 heteroatoms. The topological polar surface area (TPSA) is 40.5 Å². The van der Waals surface area contributed by atoms with Crippen molar-refractivity contribution in [2.45, 2.75) is 31.7 Å². The van der Waals surface area contributed by atoms with Gasteiger partial charge < -0.3 is 5.11 Å². The Morgan fingerprint density at radius 2 is 1.62 bits per heavy atom. The van der Waals surface area contributed by atoms with E-state index in [2.05, 4.69) is 0 Å². The molecule has 1 aliphatic heterocycles. The summed E-state index contributed by atoms with van der Waals surface area (Å²) in [7, 11) is 0. The predicted molar refractivity (Wildman–Crippen MR) is 72.2 cm³/mol. The van der Waals surface area contributed by atoms with Gasteiger partial charge in [0.2, 0.25) is 0 Å². The van der Waals surface area contributed by atoms with E-state index in [1.165, 1.54) is 6.92 Å². The van der Waals surface area contributed by atoms with Crippen molar-refractivity contribution in [3.8, 4) is 0 Å². The first-order chi connectivity index (χ1) is 10.9. The molecule has 2 rings (SSSR count). The maximum absolute atomic E-state index is 12.9. The molecule has 24 heavy (non-hydrogen) atoms. The molecule has 1 heterocycles. The molecule has 1 saturated heterocycles. The van der Waals surface area contributed by atoms with Gasteiger partial charge in [-0.2, -0.15) is 26.3 Å². The van der Waals surface area contributed by atoms with Crippen LogP contribution in [0.4, 0.5) is 26.3 Å². The molecule has 0 unspecified atom stereocenters. The molecule has 134 valence electrons.